The standard InChI is InChI=1S/C14H18N4O/c1-9-7-11(5-6-12(9)19-4)17-13-8-10(2)16-14(15-3)18-13/h5-8H,1-4H3,(H2,15,16,17,18). The van der Waals surface area contributed by atoms with Gasteiger partial charge in [-0.3, -0.25) is 0 Å². The van der Waals surface area contributed by atoms with Crippen LogP contribution in [0.2, 0.25) is 0 Å². The number of methoxy groups -OCH3 is 1. The molecule has 0 unspecified atom stereocenters. The van der Waals surface area contributed by atoms with Crippen LogP contribution in [0.4, 0.5) is 17.5 Å². The van der Waals surface area contributed by atoms with E-state index >= 15 is 0 Å². The molecule has 5 nitrogen and oxygen atoms in total. The molecule has 2 N–H and O–H groups in total. The Morgan fingerprint density at radius 3 is 2.53 bits per heavy atom. The van der Waals surface area contributed by atoms with Crippen LogP contribution in [0.5, 0.6) is 5.75 Å². The number of aromatic nitrogens is 2. The molecule has 0 saturated heterocycles. The van der Waals surface area contributed by atoms with E-state index < -0.39 is 0 Å². The van der Waals surface area contributed by atoms with Gasteiger partial charge in [0.2, 0.25) is 5.95 Å². The second kappa shape index (κ2) is 5.56. The van der Waals surface area contributed by atoms with Gasteiger partial charge in [-0.2, -0.15) is 4.98 Å². The van der Waals surface area contributed by atoms with E-state index in [4.69, 9.17) is 4.74 Å². The van der Waals surface area contributed by atoms with Crippen molar-refractivity contribution in [3.63, 3.8) is 0 Å². The largest absolute Gasteiger partial charge is 0.496 e. The summed E-state index contributed by atoms with van der Waals surface area (Å²) in [4.78, 5) is 8.61. The maximum Gasteiger partial charge on any atom is 0.224 e. The van der Waals surface area contributed by atoms with Crippen LogP contribution in [-0.2, 0) is 0 Å². The van der Waals surface area contributed by atoms with Gasteiger partial charge in [-0.05, 0) is 37.6 Å². The van der Waals surface area contributed by atoms with E-state index in [1.165, 1.54) is 0 Å². The van der Waals surface area contributed by atoms with Gasteiger partial charge in [0, 0.05) is 24.5 Å². The fourth-order valence-corrected chi connectivity index (χ4v) is 1.85. The highest BCUT2D eigenvalue weighted by molar-refractivity contribution is 5.60. The molecule has 0 amide bonds. The first-order chi connectivity index (χ1) is 9.12. The number of ether oxygens (including phenoxy) is 1. The Kier molecular flexibility index (Phi) is 3.85. The van der Waals surface area contributed by atoms with E-state index in [1.807, 2.05) is 38.1 Å². The van der Waals surface area contributed by atoms with Crippen molar-refractivity contribution in [3.8, 4) is 5.75 Å². The Labute approximate surface area is 113 Å². The summed E-state index contributed by atoms with van der Waals surface area (Å²) in [6.45, 7) is 3.95. The van der Waals surface area contributed by atoms with Crippen LogP contribution in [0.15, 0.2) is 24.3 Å². The summed E-state index contributed by atoms with van der Waals surface area (Å²) in [5, 5.41) is 6.21. The summed E-state index contributed by atoms with van der Waals surface area (Å²) >= 11 is 0. The summed E-state index contributed by atoms with van der Waals surface area (Å²) in [5.74, 6) is 2.24. The summed E-state index contributed by atoms with van der Waals surface area (Å²) in [6, 6.07) is 7.82. The molecule has 2 rings (SSSR count). The SMILES string of the molecule is CNc1nc(C)cc(Nc2ccc(OC)c(C)c2)n1. The molecule has 0 fully saturated rings. The molecular weight excluding hydrogens is 240 g/mol. The van der Waals surface area contributed by atoms with E-state index in [1.54, 1.807) is 14.2 Å². The minimum Gasteiger partial charge on any atom is -0.496 e. The third-order valence-electron chi connectivity index (χ3n) is 2.75. The molecule has 0 atom stereocenters. The second-order valence-corrected chi connectivity index (χ2v) is 4.28. The number of nitrogens with one attached hydrogen (secondary N) is 2. The molecule has 100 valence electrons. The van der Waals surface area contributed by atoms with Crippen molar-refractivity contribution in [3.05, 3.63) is 35.5 Å². The molecule has 0 spiro atoms. The first-order valence-electron chi connectivity index (χ1n) is 6.07. The summed E-state index contributed by atoms with van der Waals surface area (Å²) in [7, 11) is 3.47. The molecule has 19 heavy (non-hydrogen) atoms. The molecule has 1 heterocycles. The van der Waals surface area contributed by atoms with E-state index in [0.717, 1.165) is 28.5 Å². The van der Waals surface area contributed by atoms with Gasteiger partial charge in [-0.15, -0.1) is 0 Å². The maximum absolute atomic E-state index is 5.24. The van der Waals surface area contributed by atoms with Crippen molar-refractivity contribution in [2.75, 3.05) is 24.8 Å². The highest BCUT2D eigenvalue weighted by atomic mass is 16.5. The zero-order valence-electron chi connectivity index (χ0n) is 11.6. The monoisotopic (exact) mass is 258 g/mol. The van der Waals surface area contributed by atoms with Crippen molar-refractivity contribution < 1.29 is 4.74 Å². The molecule has 0 radical (unpaired) electrons. The first-order valence-corrected chi connectivity index (χ1v) is 6.07. The molecule has 2 aromatic rings. The molecule has 5 heteroatoms. The Morgan fingerprint density at radius 2 is 1.89 bits per heavy atom. The number of nitrogens with zero attached hydrogens (tertiary/aromatic N) is 2. The van der Waals surface area contributed by atoms with Crippen LogP contribution in [0.1, 0.15) is 11.3 Å². The van der Waals surface area contributed by atoms with Crippen LogP contribution in [-0.4, -0.2) is 24.1 Å². The van der Waals surface area contributed by atoms with E-state index in [-0.39, 0.29) is 0 Å². The van der Waals surface area contributed by atoms with Gasteiger partial charge < -0.3 is 15.4 Å². The topological polar surface area (TPSA) is 59.1 Å². The van der Waals surface area contributed by atoms with Crippen LogP contribution in [0.25, 0.3) is 0 Å². The Morgan fingerprint density at radius 1 is 1.11 bits per heavy atom. The van der Waals surface area contributed by atoms with Crippen molar-refractivity contribution in [2.45, 2.75) is 13.8 Å². The molecule has 0 saturated carbocycles. The number of anilines is 3. The molecule has 1 aromatic heterocycles. The zero-order chi connectivity index (χ0) is 13.8. The van der Waals surface area contributed by atoms with Crippen molar-refractivity contribution in [1.29, 1.82) is 0 Å². The third kappa shape index (κ3) is 3.13. The molecular formula is C14H18N4O. The third-order valence-corrected chi connectivity index (χ3v) is 2.75. The van der Waals surface area contributed by atoms with Crippen LogP contribution >= 0.6 is 0 Å². The molecule has 0 aliphatic carbocycles. The first kappa shape index (κ1) is 13.1. The second-order valence-electron chi connectivity index (χ2n) is 4.28. The van der Waals surface area contributed by atoms with Crippen LogP contribution < -0.4 is 15.4 Å². The lowest BCUT2D eigenvalue weighted by Crippen LogP contribution is -2.02. The lowest BCUT2D eigenvalue weighted by Gasteiger charge is -2.10. The molecule has 1 aromatic carbocycles. The fourth-order valence-electron chi connectivity index (χ4n) is 1.85. The number of aryl methyl sites for hydroxylation is 2. The predicted molar refractivity (Wildman–Crippen MR) is 77.3 cm³/mol. The minimum atomic E-state index is 0.604. The van der Waals surface area contributed by atoms with Crippen molar-refractivity contribution in [1.82, 2.24) is 9.97 Å². The number of hydrogen-bond acceptors (Lipinski definition) is 5. The van der Waals surface area contributed by atoms with Crippen LogP contribution in [0.3, 0.4) is 0 Å². The van der Waals surface area contributed by atoms with E-state index in [9.17, 15) is 0 Å². The fraction of sp³-hybridized carbons (Fsp3) is 0.286. The van der Waals surface area contributed by atoms with Crippen molar-refractivity contribution in [2.24, 2.45) is 0 Å². The average Bonchev–Trinajstić information content (AvgIpc) is 2.38. The summed E-state index contributed by atoms with van der Waals surface area (Å²) in [5.41, 5.74) is 2.96. The smallest absolute Gasteiger partial charge is 0.224 e. The maximum atomic E-state index is 5.24. The van der Waals surface area contributed by atoms with Gasteiger partial charge in [-0.25, -0.2) is 4.98 Å². The summed E-state index contributed by atoms with van der Waals surface area (Å²) in [6.07, 6.45) is 0. The van der Waals surface area contributed by atoms with E-state index in [0.29, 0.717) is 5.95 Å². The molecule has 0 aliphatic heterocycles. The van der Waals surface area contributed by atoms with Gasteiger partial charge in [-0.1, -0.05) is 0 Å². The number of rotatable bonds is 4. The van der Waals surface area contributed by atoms with Gasteiger partial charge in [0.05, 0.1) is 7.11 Å². The minimum absolute atomic E-state index is 0.604. The normalized spacial score (nSPS) is 10.1. The van der Waals surface area contributed by atoms with Gasteiger partial charge in [0.1, 0.15) is 11.6 Å². The van der Waals surface area contributed by atoms with Crippen molar-refractivity contribution >= 4 is 17.5 Å². The quantitative estimate of drug-likeness (QED) is 0.883. The number of hydrogen-bond donors (Lipinski definition) is 2. The Hall–Kier alpha value is -2.30. The molecule has 0 aliphatic rings. The summed E-state index contributed by atoms with van der Waals surface area (Å²) < 4.78 is 5.24. The number of benzene rings is 1. The van der Waals surface area contributed by atoms with Gasteiger partial charge in [0.25, 0.3) is 0 Å². The average molecular weight is 258 g/mol. The lowest BCUT2D eigenvalue weighted by atomic mass is 10.2. The van der Waals surface area contributed by atoms with Gasteiger partial charge >= 0.3 is 0 Å². The van der Waals surface area contributed by atoms with Gasteiger partial charge in [0.15, 0.2) is 0 Å². The van der Waals surface area contributed by atoms with Crippen LogP contribution in [0, 0.1) is 13.8 Å². The van der Waals surface area contributed by atoms with E-state index in [2.05, 4.69) is 20.6 Å². The predicted octanol–water partition coefficient (Wildman–Crippen LogP) is 2.89. The lowest BCUT2D eigenvalue weighted by molar-refractivity contribution is 0.412. The highest BCUT2D eigenvalue weighted by Crippen LogP contribution is 2.23. The Bertz CT molecular complexity index is 584. The Balaban J connectivity index is 2.25. The highest BCUT2D eigenvalue weighted by Gasteiger charge is 2.03. The molecule has 0 bridgehead atoms. The zero-order valence-corrected chi connectivity index (χ0v) is 11.6.